The van der Waals surface area contributed by atoms with E-state index in [1.807, 2.05) is 13.8 Å². The lowest BCUT2D eigenvalue weighted by Gasteiger charge is -2.24. The number of phenols is 1. The zero-order valence-electron chi connectivity index (χ0n) is 11.4. The number of amides is 1. The molecule has 0 radical (unpaired) electrons. The first kappa shape index (κ1) is 15.4. The SMILES string of the molecule is CCN(CC)C(=O)C(CN)Cc1ccc(O)c(F)c1. The third-order valence-electron chi connectivity index (χ3n) is 3.20. The van der Waals surface area contributed by atoms with Gasteiger partial charge in [0.2, 0.25) is 5.91 Å². The number of nitrogens with two attached hydrogens (primary N) is 1. The number of hydrogen-bond donors (Lipinski definition) is 2. The van der Waals surface area contributed by atoms with Crippen LogP contribution < -0.4 is 5.73 Å². The Morgan fingerprint density at radius 3 is 2.53 bits per heavy atom. The van der Waals surface area contributed by atoms with Gasteiger partial charge in [-0.2, -0.15) is 0 Å². The molecule has 1 unspecified atom stereocenters. The fraction of sp³-hybridized carbons (Fsp3) is 0.500. The summed E-state index contributed by atoms with van der Waals surface area (Å²) in [4.78, 5) is 13.9. The average Bonchev–Trinajstić information content (AvgIpc) is 2.41. The molecule has 5 heteroatoms. The molecule has 1 atom stereocenters. The van der Waals surface area contributed by atoms with E-state index in [1.165, 1.54) is 12.1 Å². The third-order valence-corrected chi connectivity index (χ3v) is 3.20. The third kappa shape index (κ3) is 3.92. The summed E-state index contributed by atoms with van der Waals surface area (Å²) in [5, 5.41) is 9.13. The smallest absolute Gasteiger partial charge is 0.227 e. The molecule has 1 aromatic carbocycles. The molecule has 0 saturated carbocycles. The first-order chi connectivity index (χ1) is 9.03. The van der Waals surface area contributed by atoms with Crippen molar-refractivity contribution >= 4 is 5.91 Å². The summed E-state index contributed by atoms with van der Waals surface area (Å²) in [6.45, 7) is 5.31. The molecule has 0 aliphatic heterocycles. The zero-order chi connectivity index (χ0) is 14.4. The van der Waals surface area contributed by atoms with E-state index >= 15 is 0 Å². The van der Waals surface area contributed by atoms with Gasteiger partial charge in [-0.1, -0.05) is 6.07 Å². The lowest BCUT2D eigenvalue weighted by atomic mass is 9.97. The first-order valence-electron chi connectivity index (χ1n) is 6.49. The van der Waals surface area contributed by atoms with Gasteiger partial charge < -0.3 is 15.7 Å². The van der Waals surface area contributed by atoms with Crippen molar-refractivity contribution in [3.8, 4) is 5.75 Å². The van der Waals surface area contributed by atoms with E-state index in [0.717, 1.165) is 0 Å². The van der Waals surface area contributed by atoms with Crippen molar-refractivity contribution in [2.45, 2.75) is 20.3 Å². The van der Waals surface area contributed by atoms with Gasteiger partial charge in [0, 0.05) is 19.6 Å². The molecule has 0 aliphatic carbocycles. The van der Waals surface area contributed by atoms with Gasteiger partial charge in [-0.3, -0.25) is 4.79 Å². The van der Waals surface area contributed by atoms with Crippen LogP contribution >= 0.6 is 0 Å². The maximum absolute atomic E-state index is 13.2. The van der Waals surface area contributed by atoms with Gasteiger partial charge in [0.15, 0.2) is 11.6 Å². The second kappa shape index (κ2) is 7.09. The Hall–Kier alpha value is -1.62. The second-order valence-electron chi connectivity index (χ2n) is 4.43. The molecule has 0 heterocycles. The van der Waals surface area contributed by atoms with Crippen molar-refractivity contribution < 1.29 is 14.3 Å². The van der Waals surface area contributed by atoms with Crippen molar-refractivity contribution in [3.63, 3.8) is 0 Å². The topological polar surface area (TPSA) is 66.6 Å². The summed E-state index contributed by atoms with van der Waals surface area (Å²) in [6.07, 6.45) is 0.378. The first-order valence-corrected chi connectivity index (χ1v) is 6.49. The van der Waals surface area contributed by atoms with Crippen molar-refractivity contribution in [1.82, 2.24) is 4.90 Å². The Bertz CT molecular complexity index is 433. The number of nitrogens with zero attached hydrogens (tertiary/aromatic N) is 1. The minimum Gasteiger partial charge on any atom is -0.505 e. The monoisotopic (exact) mass is 268 g/mol. The van der Waals surface area contributed by atoms with E-state index in [2.05, 4.69) is 0 Å². The molecule has 0 aliphatic rings. The van der Waals surface area contributed by atoms with Crippen LogP contribution in [0.25, 0.3) is 0 Å². The Morgan fingerprint density at radius 2 is 2.05 bits per heavy atom. The lowest BCUT2D eigenvalue weighted by molar-refractivity contribution is -0.134. The molecular formula is C14H21FN2O2. The summed E-state index contributed by atoms with van der Waals surface area (Å²) in [5.74, 6) is -1.43. The molecule has 0 spiro atoms. The minimum atomic E-state index is -0.677. The summed E-state index contributed by atoms with van der Waals surface area (Å²) >= 11 is 0. The molecule has 19 heavy (non-hydrogen) atoms. The average molecular weight is 268 g/mol. The fourth-order valence-corrected chi connectivity index (χ4v) is 2.03. The zero-order valence-corrected chi connectivity index (χ0v) is 11.4. The van der Waals surface area contributed by atoms with Crippen molar-refractivity contribution in [2.75, 3.05) is 19.6 Å². The van der Waals surface area contributed by atoms with Crippen LogP contribution in [0.1, 0.15) is 19.4 Å². The fourth-order valence-electron chi connectivity index (χ4n) is 2.03. The molecule has 1 amide bonds. The number of phenolic OH excluding ortho intramolecular Hbond substituents is 1. The summed E-state index contributed by atoms with van der Waals surface area (Å²) < 4.78 is 13.2. The Balaban J connectivity index is 2.81. The highest BCUT2D eigenvalue weighted by Crippen LogP contribution is 2.19. The molecule has 1 rings (SSSR count). The number of rotatable bonds is 6. The highest BCUT2D eigenvalue weighted by atomic mass is 19.1. The van der Waals surface area contributed by atoms with Crippen LogP contribution in [0, 0.1) is 11.7 Å². The molecule has 0 aromatic heterocycles. The molecular weight excluding hydrogens is 247 g/mol. The molecule has 3 N–H and O–H groups in total. The number of benzene rings is 1. The Morgan fingerprint density at radius 1 is 1.42 bits per heavy atom. The predicted octanol–water partition coefficient (Wildman–Crippen LogP) is 1.52. The number of carbonyl (C=O) groups is 1. The van der Waals surface area contributed by atoms with E-state index < -0.39 is 5.82 Å². The minimum absolute atomic E-state index is 0.0130. The van der Waals surface area contributed by atoms with Gasteiger partial charge in [0.1, 0.15) is 0 Å². The van der Waals surface area contributed by atoms with Gasteiger partial charge in [0.05, 0.1) is 5.92 Å². The summed E-state index contributed by atoms with van der Waals surface area (Å²) in [6, 6.07) is 4.14. The van der Waals surface area contributed by atoms with Crippen molar-refractivity contribution in [3.05, 3.63) is 29.6 Å². The molecule has 1 aromatic rings. The van der Waals surface area contributed by atoms with E-state index in [-0.39, 0.29) is 24.1 Å². The number of halogens is 1. The van der Waals surface area contributed by atoms with Gasteiger partial charge >= 0.3 is 0 Å². The molecule has 4 nitrogen and oxygen atoms in total. The highest BCUT2D eigenvalue weighted by Gasteiger charge is 2.21. The normalized spacial score (nSPS) is 12.2. The van der Waals surface area contributed by atoms with E-state index in [1.54, 1.807) is 11.0 Å². The van der Waals surface area contributed by atoms with Crippen molar-refractivity contribution in [1.29, 1.82) is 0 Å². The summed E-state index contributed by atoms with van der Waals surface area (Å²) in [5.41, 5.74) is 6.30. The van der Waals surface area contributed by atoms with Crippen LogP contribution in [0.3, 0.4) is 0 Å². The largest absolute Gasteiger partial charge is 0.505 e. The number of aromatic hydroxyl groups is 1. The number of carbonyl (C=O) groups excluding carboxylic acids is 1. The predicted molar refractivity (Wildman–Crippen MR) is 72.2 cm³/mol. The Kier molecular flexibility index (Phi) is 5.76. The van der Waals surface area contributed by atoms with Crippen LogP contribution in [0.2, 0.25) is 0 Å². The number of hydrogen-bond acceptors (Lipinski definition) is 3. The van der Waals surface area contributed by atoms with Crippen LogP contribution in [0.5, 0.6) is 5.75 Å². The molecule has 0 saturated heterocycles. The molecule has 106 valence electrons. The highest BCUT2D eigenvalue weighted by molar-refractivity contribution is 5.79. The van der Waals surface area contributed by atoms with Crippen LogP contribution in [0.15, 0.2) is 18.2 Å². The maximum Gasteiger partial charge on any atom is 0.227 e. The van der Waals surface area contributed by atoms with Crippen molar-refractivity contribution in [2.24, 2.45) is 11.7 Å². The molecule has 0 fully saturated rings. The molecule has 0 bridgehead atoms. The van der Waals surface area contributed by atoms with Gasteiger partial charge in [0.25, 0.3) is 0 Å². The lowest BCUT2D eigenvalue weighted by Crippen LogP contribution is -2.39. The Labute approximate surface area is 113 Å². The van der Waals surface area contributed by atoms with Crippen LogP contribution in [-0.4, -0.2) is 35.5 Å². The van der Waals surface area contributed by atoms with Gasteiger partial charge in [-0.05, 0) is 38.0 Å². The second-order valence-corrected chi connectivity index (χ2v) is 4.43. The van der Waals surface area contributed by atoms with E-state index in [4.69, 9.17) is 10.8 Å². The van der Waals surface area contributed by atoms with Crippen LogP contribution in [-0.2, 0) is 11.2 Å². The van der Waals surface area contributed by atoms with Gasteiger partial charge in [-0.25, -0.2) is 4.39 Å². The van der Waals surface area contributed by atoms with E-state index in [9.17, 15) is 9.18 Å². The van der Waals surface area contributed by atoms with Gasteiger partial charge in [-0.15, -0.1) is 0 Å². The van der Waals surface area contributed by atoms with E-state index in [0.29, 0.717) is 25.1 Å². The van der Waals surface area contributed by atoms with Crippen LogP contribution in [0.4, 0.5) is 4.39 Å². The quantitative estimate of drug-likeness (QED) is 0.822. The standard InChI is InChI=1S/C14H21FN2O2/c1-3-17(4-2)14(19)11(9-16)7-10-5-6-13(18)12(15)8-10/h5-6,8,11,18H,3-4,7,9,16H2,1-2H3. The summed E-state index contributed by atoms with van der Waals surface area (Å²) in [7, 11) is 0. The maximum atomic E-state index is 13.2.